The van der Waals surface area contributed by atoms with E-state index in [4.69, 9.17) is 4.42 Å². The van der Waals surface area contributed by atoms with E-state index in [1.54, 1.807) is 6.08 Å². The summed E-state index contributed by atoms with van der Waals surface area (Å²) in [5.74, 6) is 1.87. The van der Waals surface area contributed by atoms with Crippen LogP contribution in [0.15, 0.2) is 78.8 Å². The lowest BCUT2D eigenvalue weighted by atomic mass is 10.2. The predicted octanol–water partition coefficient (Wildman–Crippen LogP) is 5.15. The van der Waals surface area contributed by atoms with Crippen molar-refractivity contribution in [3.05, 3.63) is 90.3 Å². The van der Waals surface area contributed by atoms with Crippen LogP contribution in [0.3, 0.4) is 0 Å². The molecule has 5 rings (SSSR count). The second-order valence-electron chi connectivity index (χ2n) is 6.26. The minimum atomic E-state index is -0.207. The number of aromatic nitrogens is 3. The van der Waals surface area contributed by atoms with Crippen molar-refractivity contribution < 1.29 is 4.42 Å². The number of nitrogens with zero attached hydrogens (tertiary/aromatic N) is 3. The molecular formula is C21H11Br2N3O2S. The third kappa shape index (κ3) is 3.59. The van der Waals surface area contributed by atoms with E-state index in [9.17, 15) is 4.79 Å². The van der Waals surface area contributed by atoms with Crippen molar-refractivity contribution in [2.75, 3.05) is 0 Å². The first-order valence-corrected chi connectivity index (χ1v) is 11.0. The zero-order valence-electron chi connectivity index (χ0n) is 14.7. The maximum atomic E-state index is 12.7. The maximum Gasteiger partial charge on any atom is 0.291 e. The van der Waals surface area contributed by atoms with Gasteiger partial charge in [0.25, 0.3) is 5.56 Å². The van der Waals surface area contributed by atoms with Gasteiger partial charge in [-0.15, -0.1) is 5.10 Å². The minimum absolute atomic E-state index is 0.207. The topological polar surface area (TPSA) is 60.4 Å². The summed E-state index contributed by atoms with van der Waals surface area (Å²) in [6.07, 6.45) is 1.73. The number of hydrogen-bond donors (Lipinski definition) is 0. The molecular weight excluding hydrogens is 518 g/mol. The number of fused-ring (bicyclic) bond motifs is 1. The van der Waals surface area contributed by atoms with E-state index in [1.807, 2.05) is 60.7 Å². The highest BCUT2D eigenvalue weighted by atomic mass is 79.9. The van der Waals surface area contributed by atoms with E-state index in [-0.39, 0.29) is 5.56 Å². The lowest BCUT2D eigenvalue weighted by Crippen LogP contribution is -2.23. The Bertz CT molecular complexity index is 1450. The third-order valence-electron chi connectivity index (χ3n) is 4.29. The molecule has 0 spiro atoms. The van der Waals surface area contributed by atoms with Crippen LogP contribution < -0.4 is 10.1 Å². The van der Waals surface area contributed by atoms with Crippen LogP contribution in [-0.2, 0) is 0 Å². The van der Waals surface area contributed by atoms with E-state index >= 15 is 0 Å². The fourth-order valence-electron chi connectivity index (χ4n) is 2.91. The molecule has 3 aromatic heterocycles. The van der Waals surface area contributed by atoms with Crippen molar-refractivity contribution in [3.8, 4) is 22.7 Å². The number of rotatable bonds is 3. The van der Waals surface area contributed by atoms with Gasteiger partial charge in [-0.1, -0.05) is 67.5 Å². The van der Waals surface area contributed by atoms with Crippen molar-refractivity contribution in [2.45, 2.75) is 0 Å². The Morgan fingerprint density at radius 3 is 2.55 bits per heavy atom. The van der Waals surface area contributed by atoms with Gasteiger partial charge in [0, 0.05) is 26.1 Å². The summed E-state index contributed by atoms with van der Waals surface area (Å²) < 4.78 is 9.72. The lowest BCUT2D eigenvalue weighted by molar-refractivity contribution is 0.571. The van der Waals surface area contributed by atoms with E-state index < -0.39 is 0 Å². The summed E-state index contributed by atoms with van der Waals surface area (Å²) >= 11 is 8.16. The minimum Gasteiger partial charge on any atom is -0.457 e. The van der Waals surface area contributed by atoms with Crippen LogP contribution in [0.1, 0.15) is 5.76 Å². The van der Waals surface area contributed by atoms with Gasteiger partial charge >= 0.3 is 0 Å². The average molecular weight is 529 g/mol. The van der Waals surface area contributed by atoms with Crippen LogP contribution in [0.5, 0.6) is 0 Å². The van der Waals surface area contributed by atoms with Gasteiger partial charge in [-0.25, -0.2) is 0 Å². The molecule has 0 atom stereocenters. The normalized spacial score (nSPS) is 12.1. The summed E-state index contributed by atoms with van der Waals surface area (Å²) in [5.41, 5.74) is 1.61. The van der Waals surface area contributed by atoms with E-state index in [0.717, 1.165) is 25.8 Å². The highest BCUT2D eigenvalue weighted by Crippen LogP contribution is 2.25. The van der Waals surface area contributed by atoms with Gasteiger partial charge in [-0.3, -0.25) is 4.79 Å². The number of furan rings is 1. The Kier molecular flexibility index (Phi) is 4.69. The quantitative estimate of drug-likeness (QED) is 0.325. The SMILES string of the molecule is O=c1/c(=C/c2ccc(-c3cccc(Br)c3)o2)sc2nc(-c3ccc(Br)cc3)nn12. The number of benzene rings is 2. The molecule has 0 radical (unpaired) electrons. The number of halogens is 2. The largest absolute Gasteiger partial charge is 0.457 e. The van der Waals surface area contributed by atoms with E-state index in [0.29, 0.717) is 21.1 Å². The summed E-state index contributed by atoms with van der Waals surface area (Å²) in [7, 11) is 0. The molecule has 0 unspecified atom stereocenters. The third-order valence-corrected chi connectivity index (χ3v) is 6.27. The molecule has 0 N–H and O–H groups in total. The Morgan fingerprint density at radius 2 is 1.79 bits per heavy atom. The fraction of sp³-hybridized carbons (Fsp3) is 0. The van der Waals surface area contributed by atoms with Gasteiger partial charge in [0.2, 0.25) is 4.96 Å². The first-order valence-electron chi connectivity index (χ1n) is 8.60. The Morgan fingerprint density at radius 1 is 0.966 bits per heavy atom. The summed E-state index contributed by atoms with van der Waals surface area (Å²) in [6.45, 7) is 0. The maximum absolute atomic E-state index is 12.7. The second kappa shape index (κ2) is 7.37. The van der Waals surface area contributed by atoms with Crippen LogP contribution >= 0.6 is 43.2 Å². The molecule has 5 aromatic rings. The van der Waals surface area contributed by atoms with Crippen LogP contribution in [0, 0.1) is 0 Å². The van der Waals surface area contributed by atoms with E-state index in [1.165, 1.54) is 15.9 Å². The zero-order chi connectivity index (χ0) is 20.0. The van der Waals surface area contributed by atoms with Crippen molar-refractivity contribution in [3.63, 3.8) is 0 Å². The van der Waals surface area contributed by atoms with Gasteiger partial charge in [0.05, 0.1) is 0 Å². The molecule has 5 nitrogen and oxygen atoms in total. The van der Waals surface area contributed by atoms with Crippen molar-refractivity contribution in [1.82, 2.24) is 14.6 Å². The van der Waals surface area contributed by atoms with Crippen molar-refractivity contribution >= 4 is 54.2 Å². The van der Waals surface area contributed by atoms with Crippen LogP contribution in [0.2, 0.25) is 0 Å². The average Bonchev–Trinajstić information content (AvgIpc) is 3.41. The molecule has 0 aliphatic rings. The Hall–Kier alpha value is -2.55. The van der Waals surface area contributed by atoms with Gasteiger partial charge in [0.15, 0.2) is 5.82 Å². The standard InChI is InChI=1S/C21H11Br2N3O2S/c22-14-6-4-12(5-7-14)19-24-21-26(25-19)20(27)18(29-21)11-16-8-9-17(28-16)13-2-1-3-15(23)10-13/h1-11H/b18-11-. The molecule has 0 saturated carbocycles. The first kappa shape index (κ1) is 18.5. The molecule has 3 heterocycles. The van der Waals surface area contributed by atoms with Gasteiger partial charge < -0.3 is 4.42 Å². The number of thiazole rings is 1. The predicted molar refractivity (Wildman–Crippen MR) is 121 cm³/mol. The molecule has 2 aromatic carbocycles. The molecule has 142 valence electrons. The van der Waals surface area contributed by atoms with E-state index in [2.05, 4.69) is 41.9 Å². The summed E-state index contributed by atoms with van der Waals surface area (Å²) in [4.78, 5) is 17.8. The molecule has 0 bridgehead atoms. The number of hydrogen-bond acceptors (Lipinski definition) is 5. The van der Waals surface area contributed by atoms with Crippen molar-refractivity contribution in [2.24, 2.45) is 0 Å². The first-order chi connectivity index (χ1) is 14.1. The summed E-state index contributed by atoms with van der Waals surface area (Å²) in [5, 5.41) is 4.37. The Balaban J connectivity index is 1.52. The fourth-order valence-corrected chi connectivity index (χ4v) is 4.46. The zero-order valence-corrected chi connectivity index (χ0v) is 18.7. The molecule has 29 heavy (non-hydrogen) atoms. The Labute approximate surface area is 185 Å². The highest BCUT2D eigenvalue weighted by Gasteiger charge is 2.12. The van der Waals surface area contributed by atoms with Crippen molar-refractivity contribution in [1.29, 1.82) is 0 Å². The molecule has 0 amide bonds. The highest BCUT2D eigenvalue weighted by molar-refractivity contribution is 9.10. The molecule has 8 heteroatoms. The van der Waals surface area contributed by atoms with Crippen LogP contribution in [0.25, 0.3) is 33.7 Å². The smallest absolute Gasteiger partial charge is 0.291 e. The summed E-state index contributed by atoms with van der Waals surface area (Å²) in [6, 6.07) is 19.3. The van der Waals surface area contributed by atoms with Gasteiger partial charge in [-0.05, 0) is 36.4 Å². The second-order valence-corrected chi connectivity index (χ2v) is 9.11. The van der Waals surface area contributed by atoms with Crippen LogP contribution in [0.4, 0.5) is 0 Å². The van der Waals surface area contributed by atoms with Gasteiger partial charge in [-0.2, -0.15) is 9.50 Å². The monoisotopic (exact) mass is 527 g/mol. The molecule has 0 fully saturated rings. The lowest BCUT2D eigenvalue weighted by Gasteiger charge is -1.96. The van der Waals surface area contributed by atoms with Gasteiger partial charge in [0.1, 0.15) is 16.1 Å². The molecule has 0 saturated heterocycles. The molecule has 0 aliphatic carbocycles. The molecule has 0 aliphatic heterocycles. The van der Waals surface area contributed by atoms with Crippen LogP contribution in [-0.4, -0.2) is 14.6 Å².